The highest BCUT2D eigenvalue weighted by Crippen LogP contribution is 2.37. The fourth-order valence-electron chi connectivity index (χ4n) is 5.55. The third kappa shape index (κ3) is 7.45. The number of para-hydroxylation sites is 2. The number of hydrogen-bond donors (Lipinski definition) is 2. The van der Waals surface area contributed by atoms with Crippen LogP contribution in [0, 0.1) is 6.92 Å². The summed E-state index contributed by atoms with van der Waals surface area (Å²) in [6, 6.07) is 35.0. The van der Waals surface area contributed by atoms with E-state index in [2.05, 4.69) is 55.0 Å². The normalized spacial score (nSPS) is 11.6. The molecule has 0 bridgehead atoms. The van der Waals surface area contributed by atoms with Crippen LogP contribution in [0.25, 0.3) is 44.6 Å². The van der Waals surface area contributed by atoms with Gasteiger partial charge in [0.25, 0.3) is 0 Å². The molecule has 12 heteroatoms. The van der Waals surface area contributed by atoms with Crippen LogP contribution in [-0.4, -0.2) is 55.8 Å². The number of aromatic nitrogens is 6. The smallest absolute Gasteiger partial charge is 0.327 e. The van der Waals surface area contributed by atoms with Crippen LogP contribution in [0.15, 0.2) is 142 Å². The van der Waals surface area contributed by atoms with E-state index >= 15 is 0 Å². The van der Waals surface area contributed by atoms with Gasteiger partial charge in [0.1, 0.15) is 5.75 Å². The molecule has 0 aliphatic carbocycles. The van der Waals surface area contributed by atoms with Crippen molar-refractivity contribution in [1.82, 2.24) is 29.9 Å². The van der Waals surface area contributed by atoms with Crippen molar-refractivity contribution >= 4 is 45.0 Å². The number of aromatic amines is 2. The number of ether oxygens (including phenoxy) is 3. The Hall–Kier alpha value is -5.82. The number of nitrogens with one attached hydrogen (secondary N) is 2. The van der Waals surface area contributed by atoms with Crippen molar-refractivity contribution in [2.45, 2.75) is 27.0 Å². The van der Waals surface area contributed by atoms with Crippen molar-refractivity contribution in [1.29, 1.82) is 0 Å². The Morgan fingerprint density at radius 3 is 2.17 bits per heavy atom. The number of methoxy groups -OCH3 is 3. The van der Waals surface area contributed by atoms with Gasteiger partial charge in [-0.25, -0.2) is 4.98 Å². The molecule has 0 aliphatic rings. The summed E-state index contributed by atoms with van der Waals surface area (Å²) < 4.78 is 29.5. The summed E-state index contributed by atoms with van der Waals surface area (Å²) in [5.74, 6) is 1.73. The zero-order chi connectivity index (χ0) is 36.0. The Balaban J connectivity index is 0.000000166. The zero-order valence-electron chi connectivity index (χ0n) is 28.8. The fraction of sp³-hybridized carbons (Fsp3) is 0.100. The van der Waals surface area contributed by atoms with E-state index in [0.717, 1.165) is 43.6 Å². The maximum absolute atomic E-state index is 13.5. The lowest BCUT2D eigenvalue weighted by Gasteiger charge is -2.12. The summed E-state index contributed by atoms with van der Waals surface area (Å²) >= 11 is 0.0452. The molecule has 0 saturated carbocycles. The van der Waals surface area contributed by atoms with E-state index in [-0.39, 0.29) is 0 Å². The monoisotopic (exact) mass is 726 g/mol. The summed E-state index contributed by atoms with van der Waals surface area (Å²) in [5, 5.41) is 1.21. The molecule has 1 unspecified atom stereocenters. The maximum atomic E-state index is 13.5. The van der Waals surface area contributed by atoms with E-state index in [1.54, 1.807) is 57.5 Å². The van der Waals surface area contributed by atoms with Crippen LogP contribution in [0.4, 0.5) is 0 Å². The second-order valence-corrected chi connectivity index (χ2v) is 13.9. The number of nitrogens with zero attached hydrogens (tertiary/aromatic N) is 4. The molecule has 4 aromatic carbocycles. The average molecular weight is 727 g/mol. The minimum atomic E-state index is -1.59. The van der Waals surface area contributed by atoms with E-state index in [9.17, 15) is 4.55 Å². The number of rotatable bonds is 9. The number of hydrogen-bond acceptors (Lipinski definition) is 9. The van der Waals surface area contributed by atoms with Gasteiger partial charge < -0.3 is 23.7 Å². The van der Waals surface area contributed by atoms with Gasteiger partial charge >= 0.3 is 5.16 Å². The third-order valence-electron chi connectivity index (χ3n) is 8.12. The van der Waals surface area contributed by atoms with E-state index in [1.807, 2.05) is 79.0 Å². The molecule has 8 rings (SSSR count). The zero-order valence-corrected chi connectivity index (χ0v) is 30.4. The molecule has 52 heavy (non-hydrogen) atoms. The van der Waals surface area contributed by atoms with Crippen molar-refractivity contribution in [3.63, 3.8) is 0 Å². The third-order valence-corrected chi connectivity index (χ3v) is 10.4. The van der Waals surface area contributed by atoms with Crippen molar-refractivity contribution in [2.75, 3.05) is 21.3 Å². The molecule has 0 saturated heterocycles. The maximum Gasteiger partial charge on any atom is 0.327 e. The first-order valence-corrected chi connectivity index (χ1v) is 18.2. The first-order valence-electron chi connectivity index (χ1n) is 16.2. The van der Waals surface area contributed by atoms with Crippen molar-refractivity contribution < 1.29 is 18.8 Å². The number of benzene rings is 4. The van der Waals surface area contributed by atoms with Gasteiger partial charge in [0.05, 0.1) is 71.5 Å². The molecule has 0 spiro atoms. The molecule has 0 aliphatic heterocycles. The van der Waals surface area contributed by atoms with Crippen LogP contribution in [0.5, 0.6) is 17.2 Å². The first-order chi connectivity index (χ1) is 25.4. The highest BCUT2D eigenvalue weighted by Gasteiger charge is 2.26. The molecule has 0 amide bonds. The molecule has 0 radical (unpaired) electrons. The Labute approximate surface area is 307 Å². The Bertz CT molecular complexity index is 2400. The van der Waals surface area contributed by atoms with E-state index in [4.69, 9.17) is 14.2 Å². The van der Waals surface area contributed by atoms with Crippen molar-refractivity contribution in [2.24, 2.45) is 0 Å². The van der Waals surface area contributed by atoms with Crippen LogP contribution >= 0.6 is 11.8 Å². The molecule has 260 valence electrons. The van der Waals surface area contributed by atoms with Gasteiger partial charge in [-0.2, -0.15) is 4.98 Å². The Morgan fingerprint density at radius 2 is 1.40 bits per heavy atom. The van der Waals surface area contributed by atoms with Crippen LogP contribution < -0.4 is 14.2 Å². The van der Waals surface area contributed by atoms with Crippen molar-refractivity contribution in [3.8, 4) is 39.8 Å². The topological polar surface area (TPSA) is 134 Å². The summed E-state index contributed by atoms with van der Waals surface area (Å²) in [6.07, 6.45) is 3.55. The Morgan fingerprint density at radius 1 is 0.635 bits per heavy atom. The lowest BCUT2D eigenvalue weighted by Crippen LogP contribution is -2.07. The van der Waals surface area contributed by atoms with Gasteiger partial charge in [-0.1, -0.05) is 48.2 Å². The van der Waals surface area contributed by atoms with Crippen molar-refractivity contribution in [3.05, 3.63) is 127 Å². The fourth-order valence-corrected chi connectivity index (χ4v) is 7.68. The molecular formula is C40H34N6O4S2. The molecule has 8 aromatic rings. The minimum Gasteiger partial charge on any atom is -0.604 e. The SMILES string of the molecule is COc1ccc(-c2ccccn2)c([S+]([O-])c2nc3cc(OC)c(OC)cc3[nH]2)c1.Cc1ccnc(-c2ccccc2Sc2nc3ccccc3[nH]2)c1. The largest absolute Gasteiger partial charge is 0.604 e. The van der Waals surface area contributed by atoms with Crippen LogP contribution in [0.1, 0.15) is 5.56 Å². The molecule has 0 fully saturated rings. The van der Waals surface area contributed by atoms with Gasteiger partial charge in [-0.3, -0.25) is 15.0 Å². The minimum absolute atomic E-state index is 0.320. The standard InChI is InChI=1S/C21H19N3O4S.C19H15N3S/c1-26-13-7-8-14(15-6-4-5-9-22-15)20(10-13)29(25)21-23-16-11-18(27-2)19(28-3)12-17(16)24-21;1-13-10-11-20-17(12-13)14-6-2-5-9-18(14)23-19-21-15-7-3-4-8-16(15)22-19/h4-12H,1-3H3,(H,23,24);2-12H,1H3,(H,21,22). The van der Waals surface area contributed by atoms with Crippen LogP contribution in [-0.2, 0) is 11.2 Å². The highest BCUT2D eigenvalue weighted by molar-refractivity contribution is 7.99. The predicted octanol–water partition coefficient (Wildman–Crippen LogP) is 8.90. The van der Waals surface area contributed by atoms with Gasteiger partial charge in [0, 0.05) is 41.1 Å². The number of pyridine rings is 2. The van der Waals surface area contributed by atoms with Gasteiger partial charge in [0.15, 0.2) is 21.6 Å². The van der Waals surface area contributed by atoms with Crippen LogP contribution in [0.2, 0.25) is 0 Å². The molecule has 10 nitrogen and oxygen atoms in total. The summed E-state index contributed by atoms with van der Waals surface area (Å²) in [7, 11) is 4.70. The van der Waals surface area contributed by atoms with Gasteiger partial charge in [-0.15, -0.1) is 0 Å². The van der Waals surface area contributed by atoms with Gasteiger partial charge in [0.2, 0.25) is 0 Å². The summed E-state index contributed by atoms with van der Waals surface area (Å²) in [5.41, 5.74) is 8.17. The van der Waals surface area contributed by atoms with Crippen LogP contribution in [0.3, 0.4) is 0 Å². The van der Waals surface area contributed by atoms with E-state index in [0.29, 0.717) is 38.3 Å². The predicted molar refractivity (Wildman–Crippen MR) is 205 cm³/mol. The molecule has 1 atom stereocenters. The first kappa shape index (κ1) is 34.6. The van der Waals surface area contributed by atoms with Gasteiger partial charge in [-0.05, 0) is 67.1 Å². The number of fused-ring (bicyclic) bond motifs is 2. The average Bonchev–Trinajstić information content (AvgIpc) is 3.81. The number of aryl methyl sites for hydroxylation is 1. The van der Waals surface area contributed by atoms with E-state index in [1.165, 1.54) is 5.56 Å². The quantitative estimate of drug-likeness (QED) is 0.140. The summed E-state index contributed by atoms with van der Waals surface area (Å²) in [4.78, 5) is 26.3. The lowest BCUT2D eigenvalue weighted by molar-refractivity contribution is 0.356. The molecule has 4 heterocycles. The Kier molecular flexibility index (Phi) is 10.4. The second-order valence-electron chi connectivity index (χ2n) is 11.5. The highest BCUT2D eigenvalue weighted by atomic mass is 32.2. The molecule has 2 N–H and O–H groups in total. The second kappa shape index (κ2) is 15.6. The molecule has 4 aromatic heterocycles. The lowest BCUT2D eigenvalue weighted by atomic mass is 10.1. The molecular weight excluding hydrogens is 693 g/mol. The number of H-pyrrole nitrogens is 2. The summed E-state index contributed by atoms with van der Waals surface area (Å²) in [6.45, 7) is 2.08. The number of imidazole rings is 2. The van der Waals surface area contributed by atoms with E-state index < -0.39 is 11.2 Å².